The molecule has 0 saturated heterocycles. The molecule has 1 aliphatic rings. The third-order valence-corrected chi connectivity index (χ3v) is 2.66. The fourth-order valence-electron chi connectivity index (χ4n) is 1.83. The van der Waals surface area contributed by atoms with Gasteiger partial charge in [0.15, 0.2) is 16.5 Å². The highest BCUT2D eigenvalue weighted by atomic mass is 16.7. The van der Waals surface area contributed by atoms with E-state index in [4.69, 9.17) is 9.47 Å². The van der Waals surface area contributed by atoms with Crippen molar-refractivity contribution < 1.29 is 14.5 Å². The Morgan fingerprint density at radius 2 is 1.80 bits per heavy atom. The number of ether oxygens (including phenoxy) is 2. The second kappa shape index (κ2) is 5.00. The van der Waals surface area contributed by atoms with Gasteiger partial charge in [-0.05, 0) is 17.7 Å². The highest BCUT2D eigenvalue weighted by Crippen LogP contribution is 2.34. The Kier molecular flexibility index (Phi) is 3.04. The molecule has 1 aromatic carbocycles. The third kappa shape index (κ3) is 2.58. The fraction of sp³-hybridized carbons (Fsp3) is 0.167. The van der Waals surface area contributed by atoms with Crippen LogP contribution in [-0.4, -0.2) is 21.3 Å². The molecule has 102 valence electrons. The van der Waals surface area contributed by atoms with Crippen LogP contribution in [0.4, 0.5) is 5.95 Å². The highest BCUT2D eigenvalue weighted by molar-refractivity contribution is 5.42. The first-order chi connectivity index (χ1) is 9.70. The topological polar surface area (TPSA) is 99.4 Å². The van der Waals surface area contributed by atoms with Crippen molar-refractivity contribution in [3.63, 3.8) is 0 Å². The molecule has 1 aromatic heterocycles. The maximum Gasteiger partial charge on any atom is 0.284 e. The largest absolute Gasteiger partial charge is 0.451 e. The number of para-hydroxylation sites is 2. The molecule has 0 amide bonds. The lowest BCUT2D eigenvalue weighted by Crippen LogP contribution is -2.21. The van der Waals surface area contributed by atoms with Crippen molar-refractivity contribution in [2.24, 2.45) is 0 Å². The second-order valence-corrected chi connectivity index (χ2v) is 4.10. The molecule has 2 heterocycles. The standard InChI is InChI=1S/C12H10N4O4/c17-16(18)15-12-13-6-8(7-14-12)5-11-19-9-3-1-2-4-10(9)20-11/h1-4,6-7,11H,5H2,(H,13,14,15). The van der Waals surface area contributed by atoms with Crippen molar-refractivity contribution in [2.75, 3.05) is 5.43 Å². The van der Waals surface area contributed by atoms with Crippen LogP contribution in [0.1, 0.15) is 5.56 Å². The lowest BCUT2D eigenvalue weighted by atomic mass is 10.2. The van der Waals surface area contributed by atoms with E-state index >= 15 is 0 Å². The van der Waals surface area contributed by atoms with Crippen LogP contribution in [0.15, 0.2) is 36.7 Å². The molecular weight excluding hydrogens is 264 g/mol. The van der Waals surface area contributed by atoms with Gasteiger partial charge < -0.3 is 9.47 Å². The van der Waals surface area contributed by atoms with Crippen LogP contribution in [0.25, 0.3) is 0 Å². The molecule has 1 N–H and O–H groups in total. The third-order valence-electron chi connectivity index (χ3n) is 2.66. The van der Waals surface area contributed by atoms with Crippen molar-refractivity contribution in [3.8, 4) is 11.5 Å². The first kappa shape index (κ1) is 12.2. The smallest absolute Gasteiger partial charge is 0.284 e. The van der Waals surface area contributed by atoms with E-state index in [0.717, 1.165) is 5.56 Å². The number of aromatic nitrogens is 2. The fourth-order valence-corrected chi connectivity index (χ4v) is 1.83. The van der Waals surface area contributed by atoms with Gasteiger partial charge in [0.2, 0.25) is 6.29 Å². The summed E-state index contributed by atoms with van der Waals surface area (Å²) in [6.45, 7) is 0. The Bertz CT molecular complexity index is 607. The van der Waals surface area contributed by atoms with Crippen molar-refractivity contribution in [3.05, 3.63) is 52.3 Å². The molecule has 0 atom stereocenters. The molecule has 0 fully saturated rings. The van der Waals surface area contributed by atoms with E-state index in [0.29, 0.717) is 17.9 Å². The monoisotopic (exact) mass is 274 g/mol. The number of nitro groups is 1. The van der Waals surface area contributed by atoms with Gasteiger partial charge in [0.25, 0.3) is 5.95 Å². The van der Waals surface area contributed by atoms with Gasteiger partial charge in [-0.25, -0.2) is 20.1 Å². The van der Waals surface area contributed by atoms with Gasteiger partial charge in [-0.2, -0.15) is 0 Å². The van der Waals surface area contributed by atoms with E-state index < -0.39 is 11.3 Å². The first-order valence-corrected chi connectivity index (χ1v) is 5.85. The number of hydrazine groups is 1. The summed E-state index contributed by atoms with van der Waals surface area (Å²) < 4.78 is 11.2. The van der Waals surface area contributed by atoms with Gasteiger partial charge in [-0.3, -0.25) is 0 Å². The Labute approximate surface area is 113 Å². The minimum absolute atomic E-state index is 0.0599. The lowest BCUT2D eigenvalue weighted by molar-refractivity contribution is -0.446. The number of hydrogen-bond donors (Lipinski definition) is 1. The molecule has 0 aliphatic carbocycles. The van der Waals surface area contributed by atoms with Gasteiger partial charge in [-0.1, -0.05) is 17.6 Å². The number of fused-ring (bicyclic) bond motifs is 1. The zero-order chi connectivity index (χ0) is 13.9. The minimum atomic E-state index is -0.713. The molecule has 0 saturated carbocycles. The Hall–Kier alpha value is -2.90. The van der Waals surface area contributed by atoms with Gasteiger partial charge >= 0.3 is 0 Å². The summed E-state index contributed by atoms with van der Waals surface area (Å²) >= 11 is 0. The molecule has 8 nitrogen and oxygen atoms in total. The van der Waals surface area contributed by atoms with Crippen LogP contribution >= 0.6 is 0 Å². The van der Waals surface area contributed by atoms with Gasteiger partial charge in [0.1, 0.15) is 0 Å². The van der Waals surface area contributed by atoms with Crippen molar-refractivity contribution in [1.82, 2.24) is 9.97 Å². The predicted molar refractivity (Wildman–Crippen MR) is 67.8 cm³/mol. The van der Waals surface area contributed by atoms with E-state index in [-0.39, 0.29) is 5.95 Å². The van der Waals surface area contributed by atoms with Crippen LogP contribution < -0.4 is 14.9 Å². The number of anilines is 1. The molecule has 2 aromatic rings. The number of nitrogens with one attached hydrogen (secondary N) is 1. The van der Waals surface area contributed by atoms with Crippen molar-refractivity contribution >= 4 is 5.95 Å². The summed E-state index contributed by atoms with van der Waals surface area (Å²) in [5.41, 5.74) is 2.64. The highest BCUT2D eigenvalue weighted by Gasteiger charge is 2.23. The second-order valence-electron chi connectivity index (χ2n) is 4.10. The summed E-state index contributed by atoms with van der Waals surface area (Å²) in [6.07, 6.45) is 3.00. The number of rotatable bonds is 4. The number of hydrogen-bond acceptors (Lipinski definition) is 6. The van der Waals surface area contributed by atoms with Gasteiger partial charge in [0, 0.05) is 18.8 Å². The van der Waals surface area contributed by atoms with E-state index in [1.807, 2.05) is 29.7 Å². The van der Waals surface area contributed by atoms with Crippen LogP contribution in [0, 0.1) is 10.1 Å². The summed E-state index contributed by atoms with van der Waals surface area (Å²) in [6, 6.07) is 7.39. The normalized spacial score (nSPS) is 13.2. The molecule has 0 unspecified atom stereocenters. The molecule has 3 rings (SSSR count). The molecule has 0 bridgehead atoms. The molecule has 8 heteroatoms. The molecular formula is C12H10N4O4. The van der Waals surface area contributed by atoms with Crippen molar-refractivity contribution in [2.45, 2.75) is 12.7 Å². The summed E-state index contributed by atoms with van der Waals surface area (Å²) in [5, 5.41) is 9.52. The van der Waals surface area contributed by atoms with E-state index in [9.17, 15) is 10.1 Å². The maximum absolute atomic E-state index is 10.2. The average molecular weight is 274 g/mol. The van der Waals surface area contributed by atoms with Crippen LogP contribution in [0.2, 0.25) is 0 Å². The molecule has 0 radical (unpaired) electrons. The first-order valence-electron chi connectivity index (χ1n) is 5.85. The van der Waals surface area contributed by atoms with E-state index in [1.54, 1.807) is 0 Å². The SMILES string of the molecule is O=[N+]([O-])Nc1ncc(CC2Oc3ccccc3O2)cn1. The summed E-state index contributed by atoms with van der Waals surface area (Å²) in [5.74, 6) is 1.34. The van der Waals surface area contributed by atoms with Crippen LogP contribution in [0.3, 0.4) is 0 Å². The number of benzene rings is 1. The van der Waals surface area contributed by atoms with Crippen LogP contribution in [-0.2, 0) is 6.42 Å². The van der Waals surface area contributed by atoms with Crippen molar-refractivity contribution in [1.29, 1.82) is 0 Å². The summed E-state index contributed by atoms with van der Waals surface area (Å²) in [4.78, 5) is 17.9. The zero-order valence-electron chi connectivity index (χ0n) is 10.2. The average Bonchev–Trinajstić information content (AvgIpc) is 2.82. The summed E-state index contributed by atoms with van der Waals surface area (Å²) in [7, 11) is 0. The van der Waals surface area contributed by atoms with E-state index in [1.165, 1.54) is 12.4 Å². The Morgan fingerprint density at radius 3 is 2.35 bits per heavy atom. The van der Waals surface area contributed by atoms with Crippen LogP contribution in [0.5, 0.6) is 11.5 Å². The minimum Gasteiger partial charge on any atom is -0.451 e. The molecule has 1 aliphatic heterocycles. The molecule has 20 heavy (non-hydrogen) atoms. The van der Waals surface area contributed by atoms with Gasteiger partial charge in [-0.15, -0.1) is 0 Å². The predicted octanol–water partition coefficient (Wildman–Crippen LogP) is 1.42. The van der Waals surface area contributed by atoms with Gasteiger partial charge in [0.05, 0.1) is 0 Å². The quantitative estimate of drug-likeness (QED) is 0.664. The Balaban J connectivity index is 1.63. The lowest BCUT2D eigenvalue weighted by Gasteiger charge is -2.09. The molecule has 0 spiro atoms. The zero-order valence-corrected chi connectivity index (χ0v) is 10.2. The Morgan fingerprint density at radius 1 is 1.20 bits per heavy atom. The van der Waals surface area contributed by atoms with E-state index in [2.05, 4.69) is 9.97 Å². The number of nitrogens with zero attached hydrogens (tertiary/aromatic N) is 3. The maximum atomic E-state index is 10.2.